The number of hydrogen-bond donors (Lipinski definition) is 0. The van der Waals surface area contributed by atoms with Crippen LogP contribution in [0.3, 0.4) is 0 Å². The number of oxazole rings is 1. The second-order valence-electron chi connectivity index (χ2n) is 0.887. The van der Waals surface area contributed by atoms with Crippen molar-refractivity contribution >= 4 is 12.4 Å². The van der Waals surface area contributed by atoms with Crippen molar-refractivity contribution in [2.75, 3.05) is 0 Å². The molecule has 0 bridgehead atoms. The average Bonchev–Trinajstić information content (AvgIpc) is 1.86. The van der Waals surface area contributed by atoms with Gasteiger partial charge in [0.25, 0.3) is 0 Å². The fourth-order valence-electron chi connectivity index (χ4n) is 0.225. The van der Waals surface area contributed by atoms with Gasteiger partial charge in [0.2, 0.25) is 6.20 Å². The molecule has 0 atom stereocenters. The van der Waals surface area contributed by atoms with Gasteiger partial charge in [-0.05, 0) is 0 Å². The lowest BCUT2D eigenvalue weighted by atomic mass is 11.0. The zero-order chi connectivity index (χ0) is 4.41. The van der Waals surface area contributed by atoms with Gasteiger partial charge >= 0.3 is 6.39 Å². The molecule has 0 fully saturated rings. The molecule has 4 heteroatoms. The molecule has 0 unspecified atom stereocenters. The number of nitrogens with zero attached hydrogens (tertiary/aromatic N) is 1. The van der Waals surface area contributed by atoms with Crippen molar-refractivity contribution in [1.29, 1.82) is 0 Å². The third-order valence-corrected chi connectivity index (χ3v) is 0.451. The van der Waals surface area contributed by atoms with E-state index in [-0.39, 0.29) is 12.4 Å². The standard InChI is InChI=1S/C3H3NO2.ClH/c5-4-1-2-6-3-4;/h1-3H;1H. The summed E-state index contributed by atoms with van der Waals surface area (Å²) in [6, 6.07) is 0. The smallest absolute Gasteiger partial charge is 0.346 e. The molecule has 0 aliphatic rings. The van der Waals surface area contributed by atoms with Crippen LogP contribution in [0.4, 0.5) is 0 Å². The molecule has 0 aromatic carbocycles. The monoisotopic (exact) mass is 121 g/mol. The summed E-state index contributed by atoms with van der Waals surface area (Å²) in [5, 5.41) is 9.89. The molecule has 0 amide bonds. The van der Waals surface area contributed by atoms with E-state index in [0.717, 1.165) is 6.39 Å². The first-order valence-corrected chi connectivity index (χ1v) is 1.50. The highest BCUT2D eigenvalue weighted by atomic mass is 35.5. The van der Waals surface area contributed by atoms with E-state index in [1.807, 2.05) is 0 Å². The zero-order valence-electron chi connectivity index (χ0n) is 3.40. The van der Waals surface area contributed by atoms with E-state index in [0.29, 0.717) is 4.73 Å². The van der Waals surface area contributed by atoms with Gasteiger partial charge in [0.05, 0.1) is 0 Å². The van der Waals surface area contributed by atoms with E-state index in [9.17, 15) is 5.21 Å². The lowest BCUT2D eigenvalue weighted by Crippen LogP contribution is -2.19. The summed E-state index contributed by atoms with van der Waals surface area (Å²) in [4.78, 5) is 0. The maximum Gasteiger partial charge on any atom is 0.346 e. The summed E-state index contributed by atoms with van der Waals surface area (Å²) < 4.78 is 4.95. The van der Waals surface area contributed by atoms with Gasteiger partial charge in [0.1, 0.15) is 0 Å². The summed E-state index contributed by atoms with van der Waals surface area (Å²) in [7, 11) is 0. The van der Waals surface area contributed by atoms with Gasteiger partial charge in [-0.1, -0.05) is 0 Å². The fourth-order valence-corrected chi connectivity index (χ4v) is 0.225. The van der Waals surface area contributed by atoms with Crippen LogP contribution in [-0.2, 0) is 0 Å². The van der Waals surface area contributed by atoms with Crippen molar-refractivity contribution < 1.29 is 9.15 Å². The first-order chi connectivity index (χ1) is 2.89. The van der Waals surface area contributed by atoms with Gasteiger partial charge < -0.3 is 9.62 Å². The summed E-state index contributed by atoms with van der Waals surface area (Å²) in [5.41, 5.74) is 0. The first kappa shape index (κ1) is 6.30. The highest BCUT2D eigenvalue weighted by Gasteiger charge is 1.79. The second-order valence-corrected chi connectivity index (χ2v) is 0.887. The van der Waals surface area contributed by atoms with E-state index < -0.39 is 0 Å². The molecule has 0 aliphatic heterocycles. The van der Waals surface area contributed by atoms with E-state index in [1.165, 1.54) is 12.5 Å². The van der Waals surface area contributed by atoms with Crippen molar-refractivity contribution in [1.82, 2.24) is 0 Å². The molecular formula is C3H4ClNO2. The van der Waals surface area contributed by atoms with Gasteiger partial charge in [0, 0.05) is 0 Å². The van der Waals surface area contributed by atoms with Gasteiger partial charge in [0.15, 0.2) is 6.26 Å². The van der Waals surface area contributed by atoms with Gasteiger partial charge in [-0.15, -0.1) is 17.1 Å². The highest BCUT2D eigenvalue weighted by Crippen LogP contribution is 1.69. The predicted octanol–water partition coefficient (Wildman–Crippen LogP) is 0.335. The van der Waals surface area contributed by atoms with Crippen LogP contribution in [0.25, 0.3) is 0 Å². The summed E-state index contributed by atoms with van der Waals surface area (Å²) in [5.74, 6) is 0. The van der Waals surface area contributed by atoms with Crippen molar-refractivity contribution in [2.24, 2.45) is 0 Å². The Hall–Kier alpha value is -0.700. The van der Waals surface area contributed by atoms with Gasteiger partial charge in [-0.2, -0.15) is 0 Å². The van der Waals surface area contributed by atoms with Crippen molar-refractivity contribution in [2.45, 2.75) is 0 Å². The molecule has 0 saturated carbocycles. The molecule has 3 nitrogen and oxygen atoms in total. The maximum absolute atomic E-state index is 9.89. The summed E-state index contributed by atoms with van der Waals surface area (Å²) in [6.45, 7) is 0. The second kappa shape index (κ2) is 2.47. The quantitative estimate of drug-likeness (QED) is 0.367. The van der Waals surface area contributed by atoms with Gasteiger partial charge in [-0.3, -0.25) is 0 Å². The Morgan fingerprint density at radius 3 is 2.43 bits per heavy atom. The van der Waals surface area contributed by atoms with E-state index >= 15 is 0 Å². The Bertz CT molecular complexity index is 116. The Morgan fingerprint density at radius 1 is 1.57 bits per heavy atom. The minimum atomic E-state index is 0. The third-order valence-electron chi connectivity index (χ3n) is 0.451. The Balaban J connectivity index is 0.000000360. The number of hydrogen-bond acceptors (Lipinski definition) is 2. The predicted molar refractivity (Wildman–Crippen MR) is 24.9 cm³/mol. The highest BCUT2D eigenvalue weighted by molar-refractivity contribution is 5.85. The molecular weight excluding hydrogens is 117 g/mol. The molecule has 0 N–H and O–H groups in total. The van der Waals surface area contributed by atoms with Crippen molar-refractivity contribution in [3.05, 3.63) is 24.1 Å². The SMILES string of the molecule is Cl.[O-][n+]1ccoc1. The van der Waals surface area contributed by atoms with E-state index in [4.69, 9.17) is 0 Å². The molecule has 1 aromatic heterocycles. The first-order valence-electron chi connectivity index (χ1n) is 1.50. The Morgan fingerprint density at radius 2 is 2.29 bits per heavy atom. The van der Waals surface area contributed by atoms with Crippen molar-refractivity contribution in [3.63, 3.8) is 0 Å². The van der Waals surface area contributed by atoms with Gasteiger partial charge in [-0.25, -0.2) is 0 Å². The Labute approximate surface area is 46.6 Å². The largest absolute Gasteiger partial charge is 0.616 e. The summed E-state index contributed by atoms with van der Waals surface area (Å²) in [6.07, 6.45) is 3.66. The van der Waals surface area contributed by atoms with Crippen molar-refractivity contribution in [3.8, 4) is 0 Å². The molecule has 1 aromatic rings. The maximum atomic E-state index is 9.89. The van der Waals surface area contributed by atoms with E-state index in [2.05, 4.69) is 4.42 Å². The average molecular weight is 122 g/mol. The Kier molecular flexibility index (Phi) is 2.22. The van der Waals surface area contributed by atoms with Crippen LogP contribution in [0.2, 0.25) is 0 Å². The number of rotatable bonds is 0. The fraction of sp³-hybridized carbons (Fsp3) is 0. The molecule has 0 spiro atoms. The number of halogens is 1. The van der Waals surface area contributed by atoms with Crippen LogP contribution in [0.1, 0.15) is 0 Å². The normalized spacial score (nSPS) is 7.43. The zero-order valence-corrected chi connectivity index (χ0v) is 4.22. The molecule has 40 valence electrons. The van der Waals surface area contributed by atoms with Crippen LogP contribution in [-0.4, -0.2) is 0 Å². The third kappa shape index (κ3) is 1.45. The molecule has 7 heavy (non-hydrogen) atoms. The minimum absolute atomic E-state index is 0. The number of aromatic nitrogens is 1. The van der Waals surface area contributed by atoms with Crippen LogP contribution in [0.15, 0.2) is 23.3 Å². The molecule has 0 aliphatic carbocycles. The minimum Gasteiger partial charge on any atom is -0.616 e. The van der Waals surface area contributed by atoms with Crippen LogP contribution in [0, 0.1) is 5.21 Å². The van der Waals surface area contributed by atoms with Crippen LogP contribution < -0.4 is 4.73 Å². The van der Waals surface area contributed by atoms with Crippen LogP contribution >= 0.6 is 12.4 Å². The van der Waals surface area contributed by atoms with E-state index in [1.54, 1.807) is 0 Å². The molecule has 1 rings (SSSR count). The lowest BCUT2D eigenvalue weighted by Gasteiger charge is -1.77. The molecule has 1 heterocycles. The molecule has 0 radical (unpaired) electrons. The topological polar surface area (TPSA) is 40.1 Å². The molecule has 0 saturated heterocycles. The lowest BCUT2D eigenvalue weighted by molar-refractivity contribution is -0.608. The van der Waals surface area contributed by atoms with Crippen LogP contribution in [0.5, 0.6) is 0 Å². The summed E-state index contributed by atoms with van der Waals surface area (Å²) >= 11 is 0.